The Hall–Kier alpha value is -3.13. The van der Waals surface area contributed by atoms with E-state index in [0.29, 0.717) is 19.1 Å². The number of fused-ring (bicyclic) bond motifs is 2. The lowest BCUT2D eigenvalue weighted by Crippen LogP contribution is -2.65. The molecule has 4 heterocycles. The molecule has 8 heteroatoms. The molecule has 180 valence electrons. The van der Waals surface area contributed by atoms with Crippen LogP contribution in [0.3, 0.4) is 0 Å². The summed E-state index contributed by atoms with van der Waals surface area (Å²) in [6.07, 6.45) is 6.56. The molecule has 1 saturated heterocycles. The molecule has 5 rings (SSSR count). The average molecular weight is 463 g/mol. The van der Waals surface area contributed by atoms with Crippen molar-refractivity contribution < 1.29 is 9.90 Å². The van der Waals surface area contributed by atoms with Crippen molar-refractivity contribution in [1.82, 2.24) is 24.2 Å². The molecule has 0 radical (unpaired) electrons. The number of hydrogen-bond acceptors (Lipinski definition) is 5. The third kappa shape index (κ3) is 4.11. The van der Waals surface area contributed by atoms with Crippen LogP contribution in [0.1, 0.15) is 56.6 Å². The number of imidazole rings is 1. The number of aromatic nitrogens is 3. The minimum Gasteiger partial charge on any atom is -0.465 e. The van der Waals surface area contributed by atoms with Crippen LogP contribution in [0.2, 0.25) is 0 Å². The summed E-state index contributed by atoms with van der Waals surface area (Å²) in [4.78, 5) is 27.6. The minimum atomic E-state index is -0.859. The van der Waals surface area contributed by atoms with E-state index in [2.05, 4.69) is 39.6 Å². The molecule has 3 aromatic rings. The van der Waals surface area contributed by atoms with Crippen molar-refractivity contribution in [3.8, 4) is 0 Å². The summed E-state index contributed by atoms with van der Waals surface area (Å²) >= 11 is 0. The van der Waals surface area contributed by atoms with E-state index in [0.717, 1.165) is 36.5 Å². The lowest BCUT2D eigenvalue weighted by molar-refractivity contribution is 0.0600. The van der Waals surface area contributed by atoms with Crippen LogP contribution in [0.5, 0.6) is 0 Å². The number of hydrogen-bond donors (Lipinski definition) is 1. The molecule has 1 unspecified atom stereocenters. The zero-order chi connectivity index (χ0) is 24.0. The maximum atomic E-state index is 11.8. The summed E-state index contributed by atoms with van der Waals surface area (Å²) < 4.78 is 2.13. The highest BCUT2D eigenvalue weighted by molar-refractivity contribution is 5.67. The maximum Gasteiger partial charge on any atom is 0.408 e. The Morgan fingerprint density at radius 2 is 2.00 bits per heavy atom. The normalized spacial score (nSPS) is 18.7. The second-order valence-electron chi connectivity index (χ2n) is 10.6. The Morgan fingerprint density at radius 3 is 2.74 bits per heavy atom. The lowest BCUT2D eigenvalue weighted by atomic mass is 9.91. The topological polar surface area (TPSA) is 77.2 Å². The van der Waals surface area contributed by atoms with Gasteiger partial charge in [0.25, 0.3) is 0 Å². The predicted octanol–water partition coefficient (Wildman–Crippen LogP) is 4.21. The Kier molecular flexibility index (Phi) is 5.72. The second-order valence-corrected chi connectivity index (χ2v) is 10.6. The first-order valence-electron chi connectivity index (χ1n) is 12.1. The van der Waals surface area contributed by atoms with E-state index >= 15 is 0 Å². The largest absolute Gasteiger partial charge is 0.465 e. The van der Waals surface area contributed by atoms with Gasteiger partial charge < -0.3 is 10.0 Å². The lowest BCUT2D eigenvalue weighted by Gasteiger charge is -2.49. The summed E-state index contributed by atoms with van der Waals surface area (Å²) in [6.45, 7) is 7.96. The van der Waals surface area contributed by atoms with E-state index in [-0.39, 0.29) is 6.04 Å². The minimum absolute atomic E-state index is 0.0132. The van der Waals surface area contributed by atoms with E-state index in [4.69, 9.17) is 9.97 Å². The van der Waals surface area contributed by atoms with Crippen LogP contribution in [-0.2, 0) is 13.0 Å². The standard InChI is InChI=1S/C26H34N6O2/c1-26(2,3)32(25(33)34)20-16-30(17-20)23-12-6-11-22-28-19(15-31(22)23)14-29(4)21-10-5-8-18-9-7-13-27-24(18)21/h6-7,9,11-13,15,20-21H,5,8,10,14,16-17H2,1-4H3,(H,33,34). The van der Waals surface area contributed by atoms with Gasteiger partial charge in [-0.3, -0.25) is 19.2 Å². The third-order valence-corrected chi connectivity index (χ3v) is 7.11. The molecular formula is C26H34N6O2. The van der Waals surface area contributed by atoms with Gasteiger partial charge in [0.1, 0.15) is 11.5 Å². The van der Waals surface area contributed by atoms with E-state index in [1.807, 2.05) is 45.2 Å². The van der Waals surface area contributed by atoms with Crippen LogP contribution in [0.25, 0.3) is 5.65 Å². The van der Waals surface area contributed by atoms with Crippen LogP contribution >= 0.6 is 0 Å². The molecular weight excluding hydrogens is 428 g/mol. The molecule has 1 fully saturated rings. The zero-order valence-electron chi connectivity index (χ0n) is 20.5. The Labute approximate surface area is 200 Å². The molecule has 1 aliphatic heterocycles. The van der Waals surface area contributed by atoms with Crippen LogP contribution in [-0.4, -0.2) is 67.1 Å². The number of nitrogens with zero attached hydrogens (tertiary/aromatic N) is 6. The van der Waals surface area contributed by atoms with E-state index in [9.17, 15) is 9.90 Å². The second kappa shape index (κ2) is 8.58. The van der Waals surface area contributed by atoms with Gasteiger partial charge in [-0.15, -0.1) is 0 Å². The quantitative estimate of drug-likeness (QED) is 0.612. The molecule has 1 atom stereocenters. The number of rotatable bonds is 5. The molecule has 0 aromatic carbocycles. The number of carboxylic acid groups (broad SMARTS) is 1. The molecule has 0 bridgehead atoms. The smallest absolute Gasteiger partial charge is 0.408 e. The summed E-state index contributed by atoms with van der Waals surface area (Å²) in [7, 11) is 2.16. The van der Waals surface area contributed by atoms with Gasteiger partial charge in [0, 0.05) is 37.6 Å². The molecule has 1 N–H and O–H groups in total. The van der Waals surface area contributed by atoms with Crippen molar-refractivity contribution in [2.24, 2.45) is 0 Å². The molecule has 1 aliphatic carbocycles. The molecule has 0 spiro atoms. The SMILES string of the molecule is CN(Cc1cn2c(N3CC(N(C(=O)O)C(C)(C)C)C3)cccc2n1)C1CCCc2cccnc21. The molecule has 3 aromatic heterocycles. The molecule has 8 nitrogen and oxygen atoms in total. The van der Waals surface area contributed by atoms with Gasteiger partial charge >= 0.3 is 6.09 Å². The number of anilines is 1. The van der Waals surface area contributed by atoms with Crippen molar-refractivity contribution in [3.63, 3.8) is 0 Å². The average Bonchev–Trinajstić information content (AvgIpc) is 3.17. The fourth-order valence-corrected chi connectivity index (χ4v) is 5.56. The van der Waals surface area contributed by atoms with E-state index in [1.165, 1.54) is 17.7 Å². The molecule has 2 aliphatic rings. The number of carbonyl (C=O) groups is 1. The first-order valence-corrected chi connectivity index (χ1v) is 12.1. The summed E-state index contributed by atoms with van der Waals surface area (Å²) in [5.74, 6) is 1.05. The molecule has 34 heavy (non-hydrogen) atoms. The van der Waals surface area contributed by atoms with Crippen LogP contribution in [0.15, 0.2) is 42.7 Å². The van der Waals surface area contributed by atoms with Gasteiger partial charge in [-0.1, -0.05) is 12.1 Å². The van der Waals surface area contributed by atoms with Gasteiger partial charge in [-0.25, -0.2) is 9.78 Å². The van der Waals surface area contributed by atoms with Gasteiger partial charge in [0.2, 0.25) is 0 Å². The van der Waals surface area contributed by atoms with Crippen molar-refractivity contribution in [3.05, 3.63) is 59.7 Å². The van der Waals surface area contributed by atoms with Gasteiger partial charge in [0.15, 0.2) is 0 Å². The van der Waals surface area contributed by atoms with Gasteiger partial charge in [-0.2, -0.15) is 0 Å². The van der Waals surface area contributed by atoms with Crippen LogP contribution in [0, 0.1) is 0 Å². The van der Waals surface area contributed by atoms with Crippen molar-refractivity contribution in [2.45, 2.75) is 64.2 Å². The van der Waals surface area contributed by atoms with Crippen molar-refractivity contribution >= 4 is 17.6 Å². The Bertz CT molecular complexity index is 1190. The molecule has 0 saturated carbocycles. The highest BCUT2D eigenvalue weighted by Gasteiger charge is 2.41. The van der Waals surface area contributed by atoms with Crippen molar-refractivity contribution in [1.29, 1.82) is 0 Å². The number of aryl methyl sites for hydroxylation is 1. The number of amides is 1. The van der Waals surface area contributed by atoms with E-state index < -0.39 is 11.6 Å². The monoisotopic (exact) mass is 462 g/mol. The Balaban J connectivity index is 1.33. The predicted molar refractivity (Wildman–Crippen MR) is 132 cm³/mol. The van der Waals surface area contributed by atoms with Crippen LogP contribution < -0.4 is 4.90 Å². The van der Waals surface area contributed by atoms with Gasteiger partial charge in [0.05, 0.1) is 23.5 Å². The first kappa shape index (κ1) is 22.7. The summed E-state index contributed by atoms with van der Waals surface area (Å²) in [6, 6.07) is 10.7. The van der Waals surface area contributed by atoms with Gasteiger partial charge in [-0.05, 0) is 70.8 Å². The first-order chi connectivity index (χ1) is 16.2. The van der Waals surface area contributed by atoms with Crippen LogP contribution in [0.4, 0.5) is 10.6 Å². The summed E-state index contributed by atoms with van der Waals surface area (Å²) in [5.41, 5.74) is 4.08. The van der Waals surface area contributed by atoms with E-state index in [1.54, 1.807) is 4.90 Å². The third-order valence-electron chi connectivity index (χ3n) is 7.11. The molecule has 1 amide bonds. The maximum absolute atomic E-state index is 11.8. The van der Waals surface area contributed by atoms with Crippen molar-refractivity contribution in [2.75, 3.05) is 25.0 Å². The summed E-state index contributed by atoms with van der Waals surface area (Å²) in [5, 5.41) is 9.71. The highest BCUT2D eigenvalue weighted by Crippen LogP contribution is 2.33. The fraction of sp³-hybridized carbons (Fsp3) is 0.500. The number of pyridine rings is 2. The highest BCUT2D eigenvalue weighted by atomic mass is 16.4. The zero-order valence-corrected chi connectivity index (χ0v) is 20.5. The Morgan fingerprint density at radius 1 is 1.21 bits per heavy atom. The fourth-order valence-electron chi connectivity index (χ4n) is 5.56.